The highest BCUT2D eigenvalue weighted by molar-refractivity contribution is 9.10. The molecule has 0 unspecified atom stereocenters. The first kappa shape index (κ1) is 19.7. The number of anilines is 1. The van der Waals surface area contributed by atoms with Gasteiger partial charge in [-0.1, -0.05) is 58.4 Å². The molecule has 2 heterocycles. The van der Waals surface area contributed by atoms with E-state index in [1.54, 1.807) is 0 Å². The number of pyridine rings is 1. The summed E-state index contributed by atoms with van der Waals surface area (Å²) in [5.74, 6) is 0. The van der Waals surface area contributed by atoms with E-state index in [2.05, 4.69) is 93.7 Å². The molecule has 0 amide bonds. The van der Waals surface area contributed by atoms with Crippen molar-refractivity contribution in [2.45, 2.75) is 33.0 Å². The van der Waals surface area contributed by atoms with Gasteiger partial charge in [0.15, 0.2) is 0 Å². The quantitative estimate of drug-likeness (QED) is 0.407. The minimum absolute atomic E-state index is 0.389. The zero-order valence-electron chi connectivity index (χ0n) is 16.7. The van der Waals surface area contributed by atoms with Crippen LogP contribution in [0.4, 0.5) is 5.69 Å². The van der Waals surface area contributed by atoms with Crippen LogP contribution < -0.4 is 5.73 Å². The van der Waals surface area contributed by atoms with Gasteiger partial charge in [0.25, 0.3) is 0 Å². The molecule has 5 heteroatoms. The third kappa shape index (κ3) is 4.36. The lowest BCUT2D eigenvalue weighted by Crippen LogP contribution is -2.30. The van der Waals surface area contributed by atoms with E-state index in [0.29, 0.717) is 6.04 Å². The first-order valence-corrected chi connectivity index (χ1v) is 10.6. The van der Waals surface area contributed by atoms with Crippen LogP contribution in [0.5, 0.6) is 0 Å². The summed E-state index contributed by atoms with van der Waals surface area (Å²) in [6, 6.07) is 23.2. The number of fused-ring (bicyclic) bond motifs is 1. The van der Waals surface area contributed by atoms with E-state index in [-0.39, 0.29) is 0 Å². The van der Waals surface area contributed by atoms with Crippen LogP contribution in [0.2, 0.25) is 0 Å². The number of aromatic nitrogens is 2. The minimum atomic E-state index is 0.389. The smallest absolute Gasteiger partial charge is 0.137 e. The van der Waals surface area contributed by atoms with Crippen LogP contribution in [0.1, 0.15) is 25.1 Å². The Kier molecular flexibility index (Phi) is 5.69. The monoisotopic (exact) mass is 448 g/mol. The Hall–Kier alpha value is -2.63. The van der Waals surface area contributed by atoms with E-state index in [1.165, 1.54) is 5.56 Å². The van der Waals surface area contributed by atoms with E-state index in [0.717, 1.165) is 45.8 Å². The van der Waals surface area contributed by atoms with Crippen molar-refractivity contribution >= 4 is 27.3 Å². The fourth-order valence-corrected chi connectivity index (χ4v) is 3.80. The summed E-state index contributed by atoms with van der Waals surface area (Å²) in [7, 11) is 0. The van der Waals surface area contributed by atoms with Gasteiger partial charge in [-0.05, 0) is 43.7 Å². The molecule has 4 rings (SSSR count). The molecular formula is C24H25BrN4. The second kappa shape index (κ2) is 8.39. The maximum Gasteiger partial charge on any atom is 0.137 e. The van der Waals surface area contributed by atoms with Gasteiger partial charge in [-0.2, -0.15) is 0 Å². The van der Waals surface area contributed by atoms with Gasteiger partial charge in [-0.3, -0.25) is 4.90 Å². The van der Waals surface area contributed by atoms with Gasteiger partial charge in [-0.15, -0.1) is 0 Å². The highest BCUT2D eigenvalue weighted by atomic mass is 79.9. The van der Waals surface area contributed by atoms with Gasteiger partial charge in [0.1, 0.15) is 5.65 Å². The van der Waals surface area contributed by atoms with E-state index < -0.39 is 0 Å². The molecule has 29 heavy (non-hydrogen) atoms. The zero-order chi connectivity index (χ0) is 20.4. The molecule has 0 fully saturated rings. The number of nitrogens with two attached hydrogens (primary N) is 1. The molecule has 4 aromatic rings. The van der Waals surface area contributed by atoms with Crippen molar-refractivity contribution < 1.29 is 0 Å². The largest absolute Gasteiger partial charge is 0.398 e. The molecule has 0 atom stereocenters. The molecule has 0 saturated carbocycles. The van der Waals surface area contributed by atoms with Crippen LogP contribution >= 0.6 is 15.9 Å². The number of nitrogen functional groups attached to an aromatic ring is 1. The van der Waals surface area contributed by atoms with Gasteiger partial charge < -0.3 is 10.1 Å². The fourth-order valence-electron chi connectivity index (χ4n) is 3.53. The maximum atomic E-state index is 6.11. The average molecular weight is 449 g/mol. The second-order valence-corrected chi connectivity index (χ2v) is 8.50. The molecule has 0 spiro atoms. The first-order valence-electron chi connectivity index (χ1n) is 9.81. The average Bonchev–Trinajstić information content (AvgIpc) is 3.06. The van der Waals surface area contributed by atoms with E-state index in [1.807, 2.05) is 18.3 Å². The topological polar surface area (TPSA) is 46.6 Å². The van der Waals surface area contributed by atoms with Gasteiger partial charge >= 0.3 is 0 Å². The van der Waals surface area contributed by atoms with Crippen molar-refractivity contribution in [1.29, 1.82) is 0 Å². The minimum Gasteiger partial charge on any atom is -0.398 e. The summed E-state index contributed by atoms with van der Waals surface area (Å²) < 4.78 is 3.19. The van der Waals surface area contributed by atoms with Crippen molar-refractivity contribution in [1.82, 2.24) is 14.3 Å². The summed E-state index contributed by atoms with van der Waals surface area (Å²) in [5.41, 5.74) is 12.3. The second-order valence-electron chi connectivity index (χ2n) is 7.59. The molecular weight excluding hydrogens is 424 g/mol. The van der Waals surface area contributed by atoms with Crippen molar-refractivity contribution in [3.8, 4) is 11.3 Å². The molecule has 0 aliphatic rings. The number of rotatable bonds is 6. The molecule has 148 valence electrons. The number of nitrogens with zero attached hydrogens (tertiary/aromatic N) is 3. The molecule has 0 aliphatic heterocycles. The summed E-state index contributed by atoms with van der Waals surface area (Å²) >= 11 is 3.53. The Labute approximate surface area is 180 Å². The Bertz CT molecular complexity index is 1100. The lowest BCUT2D eigenvalue weighted by atomic mass is 10.1. The number of imidazole rings is 1. The van der Waals surface area contributed by atoms with Crippen molar-refractivity contribution in [3.63, 3.8) is 0 Å². The molecule has 2 aromatic heterocycles. The van der Waals surface area contributed by atoms with Crippen LogP contribution in [-0.4, -0.2) is 20.3 Å². The number of hydrogen-bond acceptors (Lipinski definition) is 3. The standard InChI is InChI=1S/C24H25BrN4/c1-17(2)28(14-18-6-4-3-5-7-18)16-22-24(19-8-10-20(25)11-9-19)27-23-13-12-21(26)15-29(22)23/h3-13,15,17H,14,16,26H2,1-2H3. The Morgan fingerprint density at radius 2 is 1.69 bits per heavy atom. The van der Waals surface area contributed by atoms with Crippen LogP contribution in [0.3, 0.4) is 0 Å². The van der Waals surface area contributed by atoms with Gasteiger partial charge in [-0.25, -0.2) is 4.98 Å². The zero-order valence-corrected chi connectivity index (χ0v) is 18.3. The molecule has 0 aliphatic carbocycles. The van der Waals surface area contributed by atoms with Gasteiger partial charge in [0.2, 0.25) is 0 Å². The van der Waals surface area contributed by atoms with Crippen LogP contribution in [0.25, 0.3) is 16.9 Å². The molecule has 0 radical (unpaired) electrons. The summed E-state index contributed by atoms with van der Waals surface area (Å²) in [6.07, 6.45) is 1.97. The lowest BCUT2D eigenvalue weighted by molar-refractivity contribution is 0.201. The van der Waals surface area contributed by atoms with Crippen molar-refractivity contribution in [2.75, 3.05) is 5.73 Å². The predicted octanol–water partition coefficient (Wildman–Crippen LogP) is 5.76. The molecule has 4 nitrogen and oxygen atoms in total. The SMILES string of the molecule is CC(C)N(Cc1ccccc1)Cc1c(-c2ccc(Br)cc2)nc2ccc(N)cn12. The fraction of sp³-hybridized carbons (Fsp3) is 0.208. The highest BCUT2D eigenvalue weighted by Gasteiger charge is 2.19. The van der Waals surface area contributed by atoms with Crippen LogP contribution in [-0.2, 0) is 13.1 Å². The third-order valence-corrected chi connectivity index (χ3v) is 5.70. The molecule has 2 N–H and O–H groups in total. The third-order valence-electron chi connectivity index (χ3n) is 5.17. The number of hydrogen-bond donors (Lipinski definition) is 1. The van der Waals surface area contributed by atoms with Crippen molar-refractivity contribution in [3.05, 3.63) is 88.7 Å². The Morgan fingerprint density at radius 3 is 2.38 bits per heavy atom. The van der Waals surface area contributed by atoms with Crippen LogP contribution in [0, 0.1) is 0 Å². The summed E-state index contributed by atoms with van der Waals surface area (Å²) in [6.45, 7) is 6.13. The molecule has 0 saturated heterocycles. The number of benzene rings is 2. The molecule has 2 aromatic carbocycles. The van der Waals surface area contributed by atoms with Gasteiger partial charge in [0, 0.05) is 41.1 Å². The van der Waals surface area contributed by atoms with Crippen LogP contribution in [0.15, 0.2) is 77.4 Å². The van der Waals surface area contributed by atoms with E-state index in [4.69, 9.17) is 10.7 Å². The lowest BCUT2D eigenvalue weighted by Gasteiger charge is -2.27. The maximum absolute atomic E-state index is 6.11. The summed E-state index contributed by atoms with van der Waals surface area (Å²) in [5, 5.41) is 0. The normalized spacial score (nSPS) is 11.6. The van der Waals surface area contributed by atoms with E-state index in [9.17, 15) is 0 Å². The Morgan fingerprint density at radius 1 is 0.966 bits per heavy atom. The van der Waals surface area contributed by atoms with E-state index >= 15 is 0 Å². The summed E-state index contributed by atoms with van der Waals surface area (Å²) in [4.78, 5) is 7.40. The Balaban J connectivity index is 1.78. The predicted molar refractivity (Wildman–Crippen MR) is 124 cm³/mol. The first-order chi connectivity index (χ1) is 14.0. The van der Waals surface area contributed by atoms with Gasteiger partial charge in [0.05, 0.1) is 11.4 Å². The highest BCUT2D eigenvalue weighted by Crippen LogP contribution is 2.28. The van der Waals surface area contributed by atoms with Crippen molar-refractivity contribution in [2.24, 2.45) is 0 Å². The number of halogens is 1. The molecule has 0 bridgehead atoms.